The fourth-order valence-corrected chi connectivity index (χ4v) is 2.95. The Morgan fingerprint density at radius 1 is 1.23 bits per heavy atom. The van der Waals surface area contributed by atoms with Gasteiger partial charge in [-0.25, -0.2) is 9.37 Å². The molecule has 1 atom stereocenters. The molecule has 26 heavy (non-hydrogen) atoms. The molecule has 3 heterocycles. The highest BCUT2D eigenvalue weighted by Gasteiger charge is 2.16. The molecule has 0 saturated heterocycles. The van der Waals surface area contributed by atoms with Crippen molar-refractivity contribution in [2.45, 2.75) is 26.4 Å². The minimum absolute atomic E-state index is 0.110. The van der Waals surface area contributed by atoms with Crippen molar-refractivity contribution in [1.82, 2.24) is 29.4 Å². The van der Waals surface area contributed by atoms with E-state index in [0.29, 0.717) is 22.7 Å². The van der Waals surface area contributed by atoms with Gasteiger partial charge in [-0.3, -0.25) is 0 Å². The first-order chi connectivity index (χ1) is 12.7. The number of halogens is 1. The number of aromatic nitrogens is 6. The fraction of sp³-hybridized carbons (Fsp3) is 0.222. The van der Waals surface area contributed by atoms with Crippen molar-refractivity contribution in [2.75, 3.05) is 5.32 Å². The Morgan fingerprint density at radius 2 is 2.08 bits per heavy atom. The van der Waals surface area contributed by atoms with Gasteiger partial charge in [-0.2, -0.15) is 9.61 Å². The van der Waals surface area contributed by atoms with Crippen molar-refractivity contribution in [2.24, 2.45) is 0 Å². The molecule has 0 aliphatic heterocycles. The molecule has 0 aliphatic rings. The molecule has 3 aromatic heterocycles. The second-order valence-corrected chi connectivity index (χ2v) is 5.95. The van der Waals surface area contributed by atoms with E-state index in [9.17, 15) is 4.39 Å². The molecule has 0 amide bonds. The van der Waals surface area contributed by atoms with Crippen LogP contribution >= 0.6 is 0 Å². The average Bonchev–Trinajstić information content (AvgIpc) is 3.31. The summed E-state index contributed by atoms with van der Waals surface area (Å²) in [7, 11) is 0. The van der Waals surface area contributed by atoms with Gasteiger partial charge in [0.1, 0.15) is 18.0 Å². The van der Waals surface area contributed by atoms with Crippen molar-refractivity contribution >= 4 is 11.5 Å². The number of rotatable bonds is 5. The molecular weight excluding hydrogens is 333 g/mol. The fourth-order valence-electron chi connectivity index (χ4n) is 2.95. The maximum absolute atomic E-state index is 14.2. The molecule has 0 spiro atoms. The van der Waals surface area contributed by atoms with Crippen LogP contribution in [0.1, 0.15) is 25.7 Å². The number of hydrogen-bond acceptors (Lipinski definition) is 5. The number of nitrogens with zero attached hydrogens (tertiary/aromatic N) is 6. The number of fused-ring (bicyclic) bond motifs is 1. The molecule has 0 unspecified atom stereocenters. The molecule has 7 nitrogen and oxygen atoms in total. The van der Waals surface area contributed by atoms with Gasteiger partial charge in [0.25, 0.3) is 0 Å². The maximum atomic E-state index is 14.2. The van der Waals surface area contributed by atoms with Gasteiger partial charge in [-0.05, 0) is 26.0 Å². The zero-order valence-corrected chi connectivity index (χ0v) is 14.5. The Morgan fingerprint density at radius 3 is 2.88 bits per heavy atom. The average molecular weight is 351 g/mol. The monoisotopic (exact) mass is 351 g/mol. The van der Waals surface area contributed by atoms with Gasteiger partial charge in [-0.15, -0.1) is 10.2 Å². The van der Waals surface area contributed by atoms with Crippen molar-refractivity contribution in [3.05, 3.63) is 60.6 Å². The van der Waals surface area contributed by atoms with Crippen LogP contribution in [0.2, 0.25) is 0 Å². The summed E-state index contributed by atoms with van der Waals surface area (Å²) in [6.45, 7) is 4.81. The van der Waals surface area contributed by atoms with Crippen LogP contribution in [0, 0.1) is 5.82 Å². The zero-order chi connectivity index (χ0) is 18.1. The summed E-state index contributed by atoms with van der Waals surface area (Å²) >= 11 is 0. The lowest BCUT2D eigenvalue weighted by Crippen LogP contribution is -2.15. The summed E-state index contributed by atoms with van der Waals surface area (Å²) in [5.74, 6) is 1.21. The molecule has 1 N–H and O–H groups in total. The second kappa shape index (κ2) is 6.55. The standard InChI is InChI=1S/C18H18FN7/c1-3-25-11-20-24-18(25)12(2)22-17-10-15(13-6-4-5-7-14(13)19)23-16-8-9-21-26(16)17/h4-12,22H,3H2,1-2H3/t12-/m1/s1. The topological polar surface area (TPSA) is 72.9 Å². The van der Waals surface area contributed by atoms with Crippen LogP contribution in [0.25, 0.3) is 16.9 Å². The molecule has 0 aliphatic carbocycles. The van der Waals surface area contributed by atoms with E-state index in [1.54, 1.807) is 47.4 Å². The molecule has 0 saturated carbocycles. The van der Waals surface area contributed by atoms with Gasteiger partial charge < -0.3 is 9.88 Å². The Kier molecular flexibility index (Phi) is 4.08. The molecule has 4 aromatic rings. The molecule has 4 rings (SSSR count). The minimum atomic E-state index is -0.311. The zero-order valence-electron chi connectivity index (χ0n) is 14.5. The Hall–Kier alpha value is -3.29. The molecule has 8 heteroatoms. The van der Waals surface area contributed by atoms with Gasteiger partial charge in [-0.1, -0.05) is 12.1 Å². The predicted octanol–water partition coefficient (Wildman–Crippen LogP) is 3.32. The van der Waals surface area contributed by atoms with Crippen molar-refractivity contribution in [3.8, 4) is 11.3 Å². The van der Waals surface area contributed by atoms with Crippen molar-refractivity contribution in [3.63, 3.8) is 0 Å². The SMILES string of the molecule is CCn1cnnc1[C@@H](C)Nc1cc(-c2ccccc2F)nc2ccnn12. The van der Waals surface area contributed by atoms with Crippen molar-refractivity contribution < 1.29 is 4.39 Å². The Balaban J connectivity index is 1.77. The number of anilines is 1. The third-order valence-corrected chi connectivity index (χ3v) is 4.25. The lowest BCUT2D eigenvalue weighted by Gasteiger charge is -2.17. The van der Waals surface area contributed by atoms with Gasteiger partial charge in [0, 0.05) is 24.2 Å². The summed E-state index contributed by atoms with van der Waals surface area (Å²) in [4.78, 5) is 4.52. The van der Waals surface area contributed by atoms with Gasteiger partial charge >= 0.3 is 0 Å². The van der Waals surface area contributed by atoms with E-state index >= 15 is 0 Å². The van der Waals surface area contributed by atoms with Crippen LogP contribution in [0.5, 0.6) is 0 Å². The van der Waals surface area contributed by atoms with E-state index < -0.39 is 0 Å². The molecule has 1 aromatic carbocycles. The third kappa shape index (κ3) is 2.79. The van der Waals surface area contributed by atoms with E-state index in [1.807, 2.05) is 18.4 Å². The van der Waals surface area contributed by atoms with Gasteiger partial charge in [0.05, 0.1) is 17.9 Å². The van der Waals surface area contributed by atoms with Crippen LogP contribution < -0.4 is 5.32 Å². The summed E-state index contributed by atoms with van der Waals surface area (Å²) in [5, 5.41) is 15.9. The second-order valence-electron chi connectivity index (χ2n) is 5.95. The third-order valence-electron chi connectivity index (χ3n) is 4.25. The highest BCUT2D eigenvalue weighted by Crippen LogP contribution is 2.26. The lowest BCUT2D eigenvalue weighted by atomic mass is 10.1. The first kappa shape index (κ1) is 16.2. The van der Waals surface area contributed by atoms with Crippen LogP contribution in [0.3, 0.4) is 0 Å². The minimum Gasteiger partial charge on any atom is -0.360 e. The Bertz CT molecular complexity index is 1050. The predicted molar refractivity (Wildman–Crippen MR) is 96.1 cm³/mol. The normalized spacial score (nSPS) is 12.4. The van der Waals surface area contributed by atoms with E-state index in [4.69, 9.17) is 0 Å². The highest BCUT2D eigenvalue weighted by atomic mass is 19.1. The van der Waals surface area contributed by atoms with Crippen molar-refractivity contribution in [1.29, 1.82) is 0 Å². The summed E-state index contributed by atoms with van der Waals surface area (Å²) in [5.41, 5.74) is 1.63. The molecule has 0 bridgehead atoms. The summed E-state index contributed by atoms with van der Waals surface area (Å²) in [6.07, 6.45) is 3.37. The van der Waals surface area contributed by atoms with E-state index in [0.717, 1.165) is 12.4 Å². The van der Waals surface area contributed by atoms with E-state index in [2.05, 4.69) is 25.6 Å². The van der Waals surface area contributed by atoms with Crippen LogP contribution in [-0.2, 0) is 6.54 Å². The smallest absolute Gasteiger partial charge is 0.157 e. The van der Waals surface area contributed by atoms with E-state index in [-0.39, 0.29) is 11.9 Å². The molecule has 0 fully saturated rings. The number of nitrogens with one attached hydrogen (secondary N) is 1. The van der Waals surface area contributed by atoms with Gasteiger partial charge in [0.2, 0.25) is 0 Å². The number of aryl methyl sites for hydroxylation is 1. The number of hydrogen-bond donors (Lipinski definition) is 1. The quantitative estimate of drug-likeness (QED) is 0.597. The van der Waals surface area contributed by atoms with Crippen LogP contribution in [-0.4, -0.2) is 29.4 Å². The largest absolute Gasteiger partial charge is 0.360 e. The summed E-state index contributed by atoms with van der Waals surface area (Å²) < 4.78 is 17.9. The molecule has 132 valence electrons. The maximum Gasteiger partial charge on any atom is 0.157 e. The van der Waals surface area contributed by atoms with Crippen LogP contribution in [0.15, 0.2) is 48.9 Å². The number of benzene rings is 1. The first-order valence-corrected chi connectivity index (χ1v) is 8.41. The summed E-state index contributed by atoms with van der Waals surface area (Å²) in [6, 6.07) is 10.1. The first-order valence-electron chi connectivity index (χ1n) is 8.41. The lowest BCUT2D eigenvalue weighted by molar-refractivity contribution is 0.630. The van der Waals surface area contributed by atoms with Gasteiger partial charge in [0.15, 0.2) is 11.5 Å². The van der Waals surface area contributed by atoms with E-state index in [1.165, 1.54) is 6.07 Å². The Labute approximate surface area is 149 Å². The van der Waals surface area contributed by atoms with Crippen LogP contribution in [0.4, 0.5) is 10.2 Å². The molecular formula is C18H18FN7. The molecule has 0 radical (unpaired) electrons. The highest BCUT2D eigenvalue weighted by molar-refractivity contribution is 5.67.